The van der Waals surface area contributed by atoms with Gasteiger partial charge in [-0.15, -0.1) is 0 Å². The second kappa shape index (κ2) is 9.27. The monoisotopic (exact) mass is 319 g/mol. The summed E-state index contributed by atoms with van der Waals surface area (Å²) in [7, 11) is 0. The van der Waals surface area contributed by atoms with Gasteiger partial charge in [-0.1, -0.05) is 11.9 Å². The topological polar surface area (TPSA) is 107 Å². The first-order chi connectivity index (χ1) is 9.60. The summed E-state index contributed by atoms with van der Waals surface area (Å²) in [6.45, 7) is 8.17. The summed E-state index contributed by atoms with van der Waals surface area (Å²) in [6, 6.07) is 0. The van der Waals surface area contributed by atoms with Gasteiger partial charge < -0.3 is 15.8 Å². The lowest BCUT2D eigenvalue weighted by atomic mass is 9.93. The summed E-state index contributed by atoms with van der Waals surface area (Å²) in [4.78, 5) is 22.8. The Morgan fingerprint density at radius 2 is 1.86 bits per heavy atom. The normalized spacial score (nSPS) is 12.2. The molecule has 0 heterocycles. The van der Waals surface area contributed by atoms with E-state index in [1.54, 1.807) is 13.8 Å². The number of ether oxygens (including phenoxy) is 1. The SMILES string of the molecule is CC(C)(CCNC(=O)CCCSN)OCC(C)(C)C(N)=O. The van der Waals surface area contributed by atoms with Crippen molar-refractivity contribution >= 4 is 23.8 Å². The van der Waals surface area contributed by atoms with Gasteiger partial charge in [-0.2, -0.15) is 0 Å². The fourth-order valence-corrected chi connectivity index (χ4v) is 1.74. The lowest BCUT2D eigenvalue weighted by Gasteiger charge is -2.30. The quantitative estimate of drug-likeness (QED) is 0.391. The first-order valence-electron chi connectivity index (χ1n) is 7.13. The van der Waals surface area contributed by atoms with E-state index in [4.69, 9.17) is 15.6 Å². The Kier molecular flexibility index (Phi) is 8.92. The van der Waals surface area contributed by atoms with E-state index in [-0.39, 0.29) is 18.4 Å². The number of nitrogens with one attached hydrogen (secondary N) is 1. The summed E-state index contributed by atoms with van der Waals surface area (Å²) >= 11 is 1.25. The fraction of sp³-hybridized carbons (Fsp3) is 0.857. The zero-order chi connectivity index (χ0) is 16.5. The Hall–Kier alpha value is -0.790. The Morgan fingerprint density at radius 1 is 1.24 bits per heavy atom. The largest absolute Gasteiger partial charge is 0.374 e. The maximum absolute atomic E-state index is 11.5. The van der Waals surface area contributed by atoms with Crippen LogP contribution in [0.2, 0.25) is 0 Å². The van der Waals surface area contributed by atoms with E-state index in [9.17, 15) is 9.59 Å². The molecular formula is C14H29N3O3S. The van der Waals surface area contributed by atoms with Crippen molar-refractivity contribution in [1.29, 1.82) is 0 Å². The van der Waals surface area contributed by atoms with Crippen LogP contribution in [-0.4, -0.2) is 36.3 Å². The van der Waals surface area contributed by atoms with Crippen LogP contribution >= 0.6 is 11.9 Å². The van der Waals surface area contributed by atoms with Crippen molar-refractivity contribution < 1.29 is 14.3 Å². The highest BCUT2D eigenvalue weighted by Crippen LogP contribution is 2.21. The standard InChI is InChI=1S/C14H29N3O3S/c1-13(2,12(15)19)10-20-14(3,4)7-8-17-11(18)6-5-9-21-16/h5-10,16H2,1-4H3,(H2,15,19)(H,17,18). The summed E-state index contributed by atoms with van der Waals surface area (Å²) in [5.74, 6) is 0.422. The van der Waals surface area contributed by atoms with Crippen molar-refractivity contribution in [2.75, 3.05) is 18.9 Å². The molecule has 0 aliphatic heterocycles. The Labute approximate surface area is 131 Å². The van der Waals surface area contributed by atoms with Crippen molar-refractivity contribution in [3.63, 3.8) is 0 Å². The smallest absolute Gasteiger partial charge is 0.225 e. The van der Waals surface area contributed by atoms with Crippen LogP contribution in [-0.2, 0) is 14.3 Å². The van der Waals surface area contributed by atoms with Crippen LogP contribution in [0.5, 0.6) is 0 Å². The summed E-state index contributed by atoms with van der Waals surface area (Å²) in [5.41, 5.74) is 4.19. The first-order valence-corrected chi connectivity index (χ1v) is 8.18. The fourth-order valence-electron chi connectivity index (χ4n) is 1.43. The van der Waals surface area contributed by atoms with E-state index in [1.807, 2.05) is 13.8 Å². The molecular weight excluding hydrogens is 290 g/mol. The molecule has 5 N–H and O–H groups in total. The number of nitrogens with two attached hydrogens (primary N) is 2. The lowest BCUT2D eigenvalue weighted by molar-refractivity contribution is -0.133. The van der Waals surface area contributed by atoms with E-state index in [1.165, 1.54) is 11.9 Å². The molecule has 7 heteroatoms. The van der Waals surface area contributed by atoms with Crippen LogP contribution in [0.1, 0.15) is 47.0 Å². The van der Waals surface area contributed by atoms with Gasteiger partial charge in [-0.25, -0.2) is 0 Å². The van der Waals surface area contributed by atoms with Gasteiger partial charge in [0.25, 0.3) is 0 Å². The molecule has 0 bridgehead atoms. The Morgan fingerprint density at radius 3 is 2.38 bits per heavy atom. The van der Waals surface area contributed by atoms with Crippen molar-refractivity contribution in [3.8, 4) is 0 Å². The number of hydrogen-bond donors (Lipinski definition) is 3. The van der Waals surface area contributed by atoms with Gasteiger partial charge in [-0.05, 0) is 40.5 Å². The molecule has 0 aromatic heterocycles. The van der Waals surface area contributed by atoms with Crippen LogP contribution in [0.15, 0.2) is 0 Å². The summed E-state index contributed by atoms with van der Waals surface area (Å²) in [5, 5.41) is 8.15. The maximum atomic E-state index is 11.5. The van der Waals surface area contributed by atoms with Crippen LogP contribution in [0.4, 0.5) is 0 Å². The maximum Gasteiger partial charge on any atom is 0.225 e. The highest BCUT2D eigenvalue weighted by atomic mass is 32.2. The average Bonchev–Trinajstić information content (AvgIpc) is 2.37. The molecule has 0 saturated heterocycles. The number of hydrogen-bond acceptors (Lipinski definition) is 5. The van der Waals surface area contributed by atoms with Gasteiger partial charge in [0.15, 0.2) is 0 Å². The Balaban J connectivity index is 3.97. The molecule has 0 radical (unpaired) electrons. The highest BCUT2D eigenvalue weighted by Gasteiger charge is 2.29. The number of carbonyl (C=O) groups is 2. The van der Waals surface area contributed by atoms with Gasteiger partial charge in [0.05, 0.1) is 17.6 Å². The predicted octanol–water partition coefficient (Wildman–Crippen LogP) is 1.19. The number of carbonyl (C=O) groups excluding carboxylic acids is 2. The van der Waals surface area contributed by atoms with Crippen LogP contribution in [0.3, 0.4) is 0 Å². The number of amides is 2. The highest BCUT2D eigenvalue weighted by molar-refractivity contribution is 7.97. The van der Waals surface area contributed by atoms with E-state index < -0.39 is 11.0 Å². The molecule has 0 aromatic rings. The van der Waals surface area contributed by atoms with Gasteiger partial charge in [0, 0.05) is 18.7 Å². The third-order valence-corrected chi connectivity index (χ3v) is 3.73. The molecule has 6 nitrogen and oxygen atoms in total. The molecule has 21 heavy (non-hydrogen) atoms. The van der Waals surface area contributed by atoms with Crippen molar-refractivity contribution in [2.45, 2.75) is 52.6 Å². The van der Waals surface area contributed by atoms with Gasteiger partial charge >= 0.3 is 0 Å². The second-order valence-corrected chi connectivity index (χ2v) is 7.11. The molecule has 0 saturated carbocycles. The van der Waals surface area contributed by atoms with Crippen molar-refractivity contribution in [2.24, 2.45) is 16.3 Å². The molecule has 0 aliphatic carbocycles. The third-order valence-electron chi connectivity index (χ3n) is 3.21. The lowest BCUT2D eigenvalue weighted by Crippen LogP contribution is -2.40. The van der Waals surface area contributed by atoms with Crippen molar-refractivity contribution in [1.82, 2.24) is 5.32 Å². The van der Waals surface area contributed by atoms with Gasteiger partial charge in [0.1, 0.15) is 0 Å². The molecule has 0 aromatic carbocycles. The molecule has 0 rings (SSSR count). The minimum Gasteiger partial charge on any atom is -0.374 e. The van der Waals surface area contributed by atoms with E-state index in [0.29, 0.717) is 19.4 Å². The average molecular weight is 319 g/mol. The van der Waals surface area contributed by atoms with E-state index >= 15 is 0 Å². The van der Waals surface area contributed by atoms with E-state index in [0.717, 1.165) is 12.2 Å². The minimum absolute atomic E-state index is 0.0253. The summed E-state index contributed by atoms with van der Waals surface area (Å²) in [6.07, 6.45) is 1.93. The Bertz CT molecular complexity index is 346. The molecule has 2 amide bonds. The van der Waals surface area contributed by atoms with Crippen LogP contribution in [0.25, 0.3) is 0 Å². The first kappa shape index (κ1) is 20.2. The second-order valence-electron chi connectivity index (χ2n) is 6.37. The molecule has 0 unspecified atom stereocenters. The molecule has 0 spiro atoms. The van der Waals surface area contributed by atoms with Gasteiger partial charge in [0.2, 0.25) is 11.8 Å². The van der Waals surface area contributed by atoms with E-state index in [2.05, 4.69) is 5.32 Å². The van der Waals surface area contributed by atoms with Crippen LogP contribution < -0.4 is 16.2 Å². The molecule has 124 valence electrons. The van der Waals surface area contributed by atoms with Crippen LogP contribution in [0, 0.1) is 5.41 Å². The predicted molar refractivity (Wildman–Crippen MR) is 86.5 cm³/mol. The van der Waals surface area contributed by atoms with Gasteiger partial charge in [-0.3, -0.25) is 14.7 Å². The number of rotatable bonds is 11. The summed E-state index contributed by atoms with van der Waals surface area (Å²) < 4.78 is 5.76. The third kappa shape index (κ3) is 9.71. The molecule has 0 atom stereocenters. The zero-order valence-electron chi connectivity index (χ0n) is 13.5. The molecule has 0 aliphatic rings. The number of primary amides is 1. The zero-order valence-corrected chi connectivity index (χ0v) is 14.3. The molecule has 0 fully saturated rings. The van der Waals surface area contributed by atoms with Crippen molar-refractivity contribution in [3.05, 3.63) is 0 Å². The minimum atomic E-state index is -0.694.